The predicted molar refractivity (Wildman–Crippen MR) is 78.4 cm³/mol. The van der Waals surface area contributed by atoms with Gasteiger partial charge in [0.1, 0.15) is 11.6 Å². The molecule has 2 rings (SSSR count). The molecule has 0 fully saturated rings. The molecule has 0 saturated heterocycles. The number of aliphatic hydroxyl groups excluding tert-OH is 1. The molecule has 4 heteroatoms. The van der Waals surface area contributed by atoms with Crippen molar-refractivity contribution in [3.8, 4) is 17.6 Å². The molecule has 108 valence electrons. The van der Waals surface area contributed by atoms with Crippen LogP contribution in [0.3, 0.4) is 0 Å². The summed E-state index contributed by atoms with van der Waals surface area (Å²) in [5, 5.41) is 8.73. The summed E-state index contributed by atoms with van der Waals surface area (Å²) in [7, 11) is 0. The van der Waals surface area contributed by atoms with Crippen LogP contribution in [0.15, 0.2) is 42.7 Å². The number of aliphatic hydroxyl groups is 1. The minimum absolute atomic E-state index is 0.00535. The Morgan fingerprint density at radius 2 is 2.19 bits per heavy atom. The van der Waals surface area contributed by atoms with Gasteiger partial charge in [0.2, 0.25) is 0 Å². The first-order valence-corrected chi connectivity index (χ1v) is 6.70. The topological polar surface area (TPSA) is 42.4 Å². The third kappa shape index (κ3) is 4.90. The second-order valence-electron chi connectivity index (χ2n) is 4.38. The maximum Gasteiger partial charge on any atom is 0.137 e. The monoisotopic (exact) mass is 285 g/mol. The number of halogens is 1. The molecule has 0 aliphatic carbocycles. The predicted octanol–water partition coefficient (Wildman–Crippen LogP) is 2.58. The lowest BCUT2D eigenvalue weighted by atomic mass is 10.2. The average Bonchev–Trinajstić information content (AvgIpc) is 2.51. The van der Waals surface area contributed by atoms with Crippen molar-refractivity contribution in [2.75, 3.05) is 13.2 Å². The zero-order valence-corrected chi connectivity index (χ0v) is 11.6. The van der Waals surface area contributed by atoms with Crippen LogP contribution in [0.1, 0.15) is 17.5 Å². The lowest BCUT2D eigenvalue weighted by Crippen LogP contribution is -2.03. The van der Waals surface area contributed by atoms with Crippen molar-refractivity contribution < 1.29 is 14.2 Å². The molecular weight excluding hydrogens is 269 g/mol. The number of nitrogens with zero attached hydrogens (tertiary/aromatic N) is 1. The van der Waals surface area contributed by atoms with Crippen molar-refractivity contribution in [2.24, 2.45) is 0 Å². The summed E-state index contributed by atoms with van der Waals surface area (Å²) in [6, 6.07) is 8.08. The van der Waals surface area contributed by atoms with E-state index in [0.29, 0.717) is 30.8 Å². The highest BCUT2D eigenvalue weighted by Crippen LogP contribution is 2.19. The Kier molecular flexibility index (Phi) is 5.74. The summed E-state index contributed by atoms with van der Waals surface area (Å²) in [4.78, 5) is 4.03. The normalized spacial score (nSPS) is 9.81. The minimum Gasteiger partial charge on any atom is -0.492 e. The summed E-state index contributed by atoms with van der Waals surface area (Å²) in [5.74, 6) is 5.74. The maximum absolute atomic E-state index is 13.3. The number of rotatable bonds is 5. The molecule has 0 radical (unpaired) electrons. The first kappa shape index (κ1) is 15.0. The Hall–Kier alpha value is -2.38. The van der Waals surface area contributed by atoms with E-state index in [-0.39, 0.29) is 12.4 Å². The van der Waals surface area contributed by atoms with E-state index in [1.165, 1.54) is 12.1 Å². The molecule has 0 aliphatic rings. The fraction of sp³-hybridized carbons (Fsp3) is 0.235. The molecule has 0 aliphatic heterocycles. The highest BCUT2D eigenvalue weighted by molar-refractivity contribution is 5.46. The van der Waals surface area contributed by atoms with E-state index in [1.807, 2.05) is 12.1 Å². The van der Waals surface area contributed by atoms with Gasteiger partial charge in [0.25, 0.3) is 0 Å². The first-order chi connectivity index (χ1) is 10.3. The number of aromatic nitrogens is 1. The largest absolute Gasteiger partial charge is 0.492 e. The van der Waals surface area contributed by atoms with Gasteiger partial charge in [-0.3, -0.25) is 4.98 Å². The fourth-order valence-electron chi connectivity index (χ4n) is 1.76. The molecule has 0 spiro atoms. The molecule has 1 N–H and O–H groups in total. The average molecular weight is 285 g/mol. The van der Waals surface area contributed by atoms with Crippen molar-refractivity contribution in [3.63, 3.8) is 0 Å². The molecule has 0 saturated carbocycles. The quantitative estimate of drug-likeness (QED) is 0.859. The Balaban J connectivity index is 2.01. The zero-order valence-electron chi connectivity index (χ0n) is 11.6. The Morgan fingerprint density at radius 3 is 2.95 bits per heavy atom. The molecule has 0 amide bonds. The number of pyridine rings is 1. The van der Waals surface area contributed by atoms with Crippen LogP contribution in [0.25, 0.3) is 0 Å². The summed E-state index contributed by atoms with van der Waals surface area (Å²) in [5.41, 5.74) is 1.68. The lowest BCUT2D eigenvalue weighted by molar-refractivity contribution is 0.305. The van der Waals surface area contributed by atoms with E-state index >= 15 is 0 Å². The molecular formula is C17H16FNO2. The van der Waals surface area contributed by atoms with Gasteiger partial charge < -0.3 is 9.84 Å². The molecule has 1 aromatic heterocycles. The van der Waals surface area contributed by atoms with E-state index in [1.54, 1.807) is 18.5 Å². The second kappa shape index (κ2) is 8.03. The maximum atomic E-state index is 13.3. The van der Waals surface area contributed by atoms with Crippen LogP contribution < -0.4 is 4.74 Å². The van der Waals surface area contributed by atoms with Crippen molar-refractivity contribution in [3.05, 3.63) is 59.7 Å². The molecule has 2 aromatic rings. The van der Waals surface area contributed by atoms with Gasteiger partial charge >= 0.3 is 0 Å². The van der Waals surface area contributed by atoms with Crippen molar-refractivity contribution in [2.45, 2.75) is 12.8 Å². The molecule has 0 atom stereocenters. The smallest absolute Gasteiger partial charge is 0.137 e. The van der Waals surface area contributed by atoms with Gasteiger partial charge in [0.15, 0.2) is 0 Å². The van der Waals surface area contributed by atoms with Gasteiger partial charge in [-0.25, -0.2) is 4.39 Å². The summed E-state index contributed by atoms with van der Waals surface area (Å²) in [6.07, 6.45) is 4.56. The van der Waals surface area contributed by atoms with Gasteiger partial charge in [-0.1, -0.05) is 17.9 Å². The third-order valence-corrected chi connectivity index (χ3v) is 2.77. The van der Waals surface area contributed by atoms with Crippen LogP contribution in [-0.2, 0) is 6.42 Å². The molecule has 0 bridgehead atoms. The number of ether oxygens (including phenoxy) is 1. The van der Waals surface area contributed by atoms with Gasteiger partial charge in [0, 0.05) is 31.3 Å². The Bertz CT molecular complexity index is 632. The van der Waals surface area contributed by atoms with Gasteiger partial charge in [-0.2, -0.15) is 0 Å². The standard InChI is InChI=1S/C17H16FNO2/c18-16-7-6-15(5-1-2-10-20)17(12-16)21-11-8-14-4-3-9-19-13-14/h3-4,6-7,9,12-13,20H,2,8,10-11H2. The van der Waals surface area contributed by atoms with Crippen LogP contribution in [-0.4, -0.2) is 23.3 Å². The van der Waals surface area contributed by atoms with Crippen LogP contribution in [0, 0.1) is 17.7 Å². The van der Waals surface area contributed by atoms with Gasteiger partial charge in [0.05, 0.1) is 18.8 Å². The Morgan fingerprint density at radius 1 is 1.29 bits per heavy atom. The van der Waals surface area contributed by atoms with E-state index in [0.717, 1.165) is 5.56 Å². The van der Waals surface area contributed by atoms with E-state index in [4.69, 9.17) is 9.84 Å². The van der Waals surface area contributed by atoms with Gasteiger partial charge in [-0.05, 0) is 23.8 Å². The fourth-order valence-corrected chi connectivity index (χ4v) is 1.76. The zero-order chi connectivity index (χ0) is 14.9. The highest BCUT2D eigenvalue weighted by Gasteiger charge is 2.04. The molecule has 0 unspecified atom stereocenters. The summed E-state index contributed by atoms with van der Waals surface area (Å²) in [6.45, 7) is 0.426. The minimum atomic E-state index is -0.362. The second-order valence-corrected chi connectivity index (χ2v) is 4.38. The van der Waals surface area contributed by atoms with Crippen LogP contribution in [0.2, 0.25) is 0 Å². The van der Waals surface area contributed by atoms with Crippen LogP contribution in [0.5, 0.6) is 5.75 Å². The van der Waals surface area contributed by atoms with Crippen molar-refractivity contribution in [1.82, 2.24) is 4.98 Å². The van der Waals surface area contributed by atoms with E-state index in [2.05, 4.69) is 16.8 Å². The molecule has 3 nitrogen and oxygen atoms in total. The SMILES string of the molecule is OCCC#Cc1ccc(F)cc1OCCc1cccnc1. The summed E-state index contributed by atoms with van der Waals surface area (Å²) >= 11 is 0. The number of hydrogen-bond donors (Lipinski definition) is 1. The van der Waals surface area contributed by atoms with Crippen LogP contribution in [0.4, 0.5) is 4.39 Å². The third-order valence-electron chi connectivity index (χ3n) is 2.77. The van der Waals surface area contributed by atoms with E-state index in [9.17, 15) is 4.39 Å². The van der Waals surface area contributed by atoms with Crippen molar-refractivity contribution in [1.29, 1.82) is 0 Å². The molecule has 21 heavy (non-hydrogen) atoms. The first-order valence-electron chi connectivity index (χ1n) is 6.70. The number of benzene rings is 1. The van der Waals surface area contributed by atoms with Gasteiger partial charge in [-0.15, -0.1) is 0 Å². The number of hydrogen-bond acceptors (Lipinski definition) is 3. The lowest BCUT2D eigenvalue weighted by Gasteiger charge is -2.08. The molecule has 1 aromatic carbocycles. The van der Waals surface area contributed by atoms with E-state index < -0.39 is 0 Å². The van der Waals surface area contributed by atoms with Crippen LogP contribution >= 0.6 is 0 Å². The summed E-state index contributed by atoms with van der Waals surface area (Å²) < 4.78 is 18.9. The molecule has 1 heterocycles. The Labute approximate surface area is 123 Å². The highest BCUT2D eigenvalue weighted by atomic mass is 19.1. The van der Waals surface area contributed by atoms with Crippen molar-refractivity contribution >= 4 is 0 Å².